The smallest absolute Gasteiger partial charge is 0.122 e. The van der Waals surface area contributed by atoms with Gasteiger partial charge >= 0.3 is 0 Å². The molecule has 1 saturated carbocycles. The zero-order valence-corrected chi connectivity index (χ0v) is 14.0. The second-order valence-corrected chi connectivity index (χ2v) is 7.11. The minimum Gasteiger partial charge on any atom is -0.543 e. The van der Waals surface area contributed by atoms with Crippen LogP contribution in [0.15, 0.2) is 23.6 Å². The standard InChI is InChI=1S/C18H21NO3S/c1-12-6-7-16(22-10-13-4-2-3-5-13)14(8-12)9-17-19-15(11-23-17)18(20)21/h6-8,11,13H,2-5,9-10H2,1H3,(H,20,21)/p-1. The van der Waals surface area contributed by atoms with Crippen molar-refractivity contribution in [3.05, 3.63) is 45.4 Å². The first-order valence-corrected chi connectivity index (χ1v) is 8.88. The predicted molar refractivity (Wildman–Crippen MR) is 87.9 cm³/mol. The van der Waals surface area contributed by atoms with E-state index < -0.39 is 5.97 Å². The first kappa shape index (κ1) is 16.0. The molecule has 0 unspecified atom stereocenters. The van der Waals surface area contributed by atoms with Gasteiger partial charge in [0.15, 0.2) is 0 Å². The Bertz CT molecular complexity index is 689. The van der Waals surface area contributed by atoms with E-state index in [1.165, 1.54) is 42.4 Å². The molecule has 0 N–H and O–H groups in total. The van der Waals surface area contributed by atoms with Crippen LogP contribution in [-0.2, 0) is 6.42 Å². The summed E-state index contributed by atoms with van der Waals surface area (Å²) < 4.78 is 6.05. The number of carbonyl (C=O) groups excluding carboxylic acids is 1. The number of thiazole rings is 1. The van der Waals surface area contributed by atoms with Gasteiger partial charge in [0.25, 0.3) is 0 Å². The van der Waals surface area contributed by atoms with E-state index >= 15 is 0 Å². The summed E-state index contributed by atoms with van der Waals surface area (Å²) in [6, 6.07) is 6.14. The van der Waals surface area contributed by atoms with Crippen LogP contribution < -0.4 is 9.84 Å². The van der Waals surface area contributed by atoms with Crippen molar-refractivity contribution >= 4 is 17.3 Å². The van der Waals surface area contributed by atoms with Crippen LogP contribution in [-0.4, -0.2) is 17.6 Å². The van der Waals surface area contributed by atoms with E-state index in [0.717, 1.165) is 28.5 Å². The lowest BCUT2D eigenvalue weighted by Crippen LogP contribution is -2.22. The number of carbonyl (C=O) groups is 1. The highest BCUT2D eigenvalue weighted by Crippen LogP contribution is 2.28. The number of rotatable bonds is 6. The normalized spacial score (nSPS) is 15.0. The maximum absolute atomic E-state index is 10.8. The number of benzene rings is 1. The molecule has 1 aromatic heterocycles. The minimum atomic E-state index is -1.23. The van der Waals surface area contributed by atoms with Gasteiger partial charge < -0.3 is 14.6 Å². The second-order valence-electron chi connectivity index (χ2n) is 6.16. The summed E-state index contributed by atoms with van der Waals surface area (Å²) in [6.07, 6.45) is 5.70. The zero-order valence-electron chi connectivity index (χ0n) is 13.2. The van der Waals surface area contributed by atoms with Gasteiger partial charge in [-0.1, -0.05) is 30.5 Å². The average Bonchev–Trinajstić information content (AvgIpc) is 3.18. The first-order chi connectivity index (χ1) is 11.1. The van der Waals surface area contributed by atoms with Crippen LogP contribution in [0.25, 0.3) is 0 Å². The summed E-state index contributed by atoms with van der Waals surface area (Å²) in [7, 11) is 0. The molecule has 0 amide bonds. The van der Waals surface area contributed by atoms with Crippen LogP contribution in [0.5, 0.6) is 5.75 Å². The molecule has 5 heteroatoms. The van der Waals surface area contributed by atoms with Gasteiger partial charge in [-0.15, -0.1) is 11.3 Å². The van der Waals surface area contributed by atoms with E-state index in [1.54, 1.807) is 0 Å². The van der Waals surface area contributed by atoms with Gasteiger partial charge in [-0.2, -0.15) is 0 Å². The third-order valence-electron chi connectivity index (χ3n) is 4.27. The molecule has 0 atom stereocenters. The molecular weight excluding hydrogens is 310 g/mol. The molecule has 0 aliphatic heterocycles. The Morgan fingerprint density at radius 2 is 2.17 bits per heavy atom. The molecule has 3 rings (SSSR count). The molecule has 1 fully saturated rings. The van der Waals surface area contributed by atoms with Gasteiger partial charge in [0.2, 0.25) is 0 Å². The highest BCUT2D eigenvalue weighted by Gasteiger charge is 2.16. The monoisotopic (exact) mass is 330 g/mol. The number of aromatic nitrogens is 1. The maximum Gasteiger partial charge on any atom is 0.122 e. The Balaban J connectivity index is 1.73. The Labute approximate surface area is 140 Å². The van der Waals surface area contributed by atoms with Crippen molar-refractivity contribution in [3.8, 4) is 5.75 Å². The summed E-state index contributed by atoms with van der Waals surface area (Å²) in [6.45, 7) is 2.80. The molecule has 1 aromatic carbocycles. The predicted octanol–water partition coefficient (Wildman–Crippen LogP) is 2.97. The number of carboxylic acids is 1. The summed E-state index contributed by atoms with van der Waals surface area (Å²) >= 11 is 1.34. The fourth-order valence-corrected chi connectivity index (χ4v) is 3.81. The van der Waals surface area contributed by atoms with Crippen LogP contribution in [0.1, 0.15) is 52.3 Å². The molecule has 2 aromatic rings. The van der Waals surface area contributed by atoms with Gasteiger partial charge in [0.1, 0.15) is 5.75 Å². The fraction of sp³-hybridized carbons (Fsp3) is 0.444. The van der Waals surface area contributed by atoms with Gasteiger partial charge in [-0.3, -0.25) is 0 Å². The molecule has 23 heavy (non-hydrogen) atoms. The number of nitrogens with zero attached hydrogens (tertiary/aromatic N) is 1. The van der Waals surface area contributed by atoms with Crippen molar-refractivity contribution in [2.24, 2.45) is 5.92 Å². The quantitative estimate of drug-likeness (QED) is 0.817. The minimum absolute atomic E-state index is 0.00563. The molecular formula is C18H20NO3S-. The molecule has 1 heterocycles. The molecule has 1 aliphatic carbocycles. The van der Waals surface area contributed by atoms with Crippen LogP contribution in [0.2, 0.25) is 0 Å². The van der Waals surface area contributed by atoms with Crippen molar-refractivity contribution in [2.45, 2.75) is 39.0 Å². The number of aryl methyl sites for hydroxylation is 1. The third kappa shape index (κ3) is 4.10. The lowest BCUT2D eigenvalue weighted by molar-refractivity contribution is -0.255. The summed E-state index contributed by atoms with van der Waals surface area (Å²) in [5.74, 6) is 0.316. The van der Waals surface area contributed by atoms with E-state index in [9.17, 15) is 9.90 Å². The van der Waals surface area contributed by atoms with Gasteiger partial charge in [-0.25, -0.2) is 4.98 Å². The van der Waals surface area contributed by atoms with Crippen LogP contribution in [0.4, 0.5) is 0 Å². The van der Waals surface area contributed by atoms with E-state index in [4.69, 9.17) is 4.74 Å². The fourth-order valence-electron chi connectivity index (χ4n) is 3.02. The summed E-state index contributed by atoms with van der Waals surface area (Å²) in [5.41, 5.74) is 2.22. The van der Waals surface area contributed by atoms with E-state index in [2.05, 4.69) is 11.1 Å². The highest BCUT2D eigenvalue weighted by molar-refractivity contribution is 7.09. The van der Waals surface area contributed by atoms with Gasteiger partial charge in [0.05, 0.1) is 23.3 Å². The second kappa shape index (κ2) is 7.13. The van der Waals surface area contributed by atoms with Crippen molar-refractivity contribution in [2.75, 3.05) is 6.61 Å². The van der Waals surface area contributed by atoms with Crippen LogP contribution in [0.3, 0.4) is 0 Å². The number of carboxylic acid groups (broad SMARTS) is 1. The first-order valence-electron chi connectivity index (χ1n) is 8.00. The molecule has 4 nitrogen and oxygen atoms in total. The Kier molecular flexibility index (Phi) is 4.96. The van der Waals surface area contributed by atoms with Gasteiger partial charge in [-0.05, 0) is 31.7 Å². The van der Waals surface area contributed by atoms with Gasteiger partial charge in [0, 0.05) is 17.4 Å². The molecule has 1 aliphatic rings. The van der Waals surface area contributed by atoms with E-state index in [0.29, 0.717) is 12.3 Å². The Morgan fingerprint density at radius 1 is 1.39 bits per heavy atom. The van der Waals surface area contributed by atoms with Crippen molar-refractivity contribution in [1.82, 2.24) is 4.98 Å². The highest BCUT2D eigenvalue weighted by atomic mass is 32.1. The lowest BCUT2D eigenvalue weighted by atomic mass is 10.1. The third-order valence-corrected chi connectivity index (χ3v) is 5.12. The van der Waals surface area contributed by atoms with Crippen molar-refractivity contribution in [3.63, 3.8) is 0 Å². The number of ether oxygens (including phenoxy) is 1. The lowest BCUT2D eigenvalue weighted by Gasteiger charge is -2.15. The van der Waals surface area contributed by atoms with E-state index in [-0.39, 0.29) is 5.69 Å². The van der Waals surface area contributed by atoms with Crippen molar-refractivity contribution in [1.29, 1.82) is 0 Å². The number of aromatic carboxylic acids is 1. The number of hydrogen-bond donors (Lipinski definition) is 0. The molecule has 0 saturated heterocycles. The summed E-state index contributed by atoms with van der Waals surface area (Å²) in [5, 5.41) is 13.1. The van der Waals surface area contributed by atoms with Crippen molar-refractivity contribution < 1.29 is 14.6 Å². The molecule has 0 radical (unpaired) electrons. The van der Waals surface area contributed by atoms with Crippen LogP contribution in [0, 0.1) is 12.8 Å². The average molecular weight is 330 g/mol. The largest absolute Gasteiger partial charge is 0.543 e. The molecule has 0 bridgehead atoms. The Morgan fingerprint density at radius 3 is 2.87 bits per heavy atom. The molecule has 122 valence electrons. The Hall–Kier alpha value is -1.88. The maximum atomic E-state index is 10.8. The SMILES string of the molecule is Cc1ccc(OCC2CCCC2)c(Cc2nc(C(=O)[O-])cs2)c1. The van der Waals surface area contributed by atoms with E-state index in [1.807, 2.05) is 19.1 Å². The molecule has 0 spiro atoms. The topological polar surface area (TPSA) is 62.2 Å². The van der Waals surface area contributed by atoms with Crippen LogP contribution >= 0.6 is 11.3 Å². The number of hydrogen-bond acceptors (Lipinski definition) is 5. The zero-order chi connectivity index (χ0) is 16.2. The summed E-state index contributed by atoms with van der Waals surface area (Å²) in [4.78, 5) is 15.0.